The number of rotatable bonds is 5. The van der Waals surface area contributed by atoms with Crippen LogP contribution >= 0.6 is 23.2 Å². The van der Waals surface area contributed by atoms with Crippen LogP contribution in [0.15, 0.2) is 71.3 Å². The molecule has 3 rings (SSSR count). The third-order valence-electron chi connectivity index (χ3n) is 3.57. The molecule has 1 N–H and O–H groups in total. The highest BCUT2D eigenvalue weighted by molar-refractivity contribution is 6.30. The van der Waals surface area contributed by atoms with Crippen LogP contribution in [0.3, 0.4) is 0 Å². The average Bonchev–Trinajstić information content (AvgIpc) is 3.09. The molecular formula is C19H16Cl2N2O2. The molecule has 0 unspecified atom stereocenters. The molecule has 0 saturated heterocycles. The molecule has 3 aromatic rings. The lowest BCUT2D eigenvalue weighted by molar-refractivity contribution is 0.201. The summed E-state index contributed by atoms with van der Waals surface area (Å²) in [6.07, 6.45) is 1.59. The molecule has 0 aliphatic carbocycles. The number of hydrogen-bond acceptors (Lipinski definition) is 2. The highest BCUT2D eigenvalue weighted by Crippen LogP contribution is 2.18. The lowest BCUT2D eigenvalue weighted by Gasteiger charge is -2.22. The van der Waals surface area contributed by atoms with E-state index < -0.39 is 0 Å². The van der Waals surface area contributed by atoms with Crippen LogP contribution in [0.5, 0.6) is 0 Å². The van der Waals surface area contributed by atoms with Gasteiger partial charge in [-0.1, -0.05) is 35.3 Å². The number of carbonyl (C=O) groups excluding carboxylic acids is 1. The molecule has 0 saturated carbocycles. The summed E-state index contributed by atoms with van der Waals surface area (Å²) in [6.45, 7) is 0.750. The minimum absolute atomic E-state index is 0.237. The van der Waals surface area contributed by atoms with Crippen LogP contribution in [-0.4, -0.2) is 10.9 Å². The minimum atomic E-state index is -0.237. The second-order valence-electron chi connectivity index (χ2n) is 5.50. The first-order valence-corrected chi connectivity index (χ1v) is 8.44. The van der Waals surface area contributed by atoms with Crippen molar-refractivity contribution < 1.29 is 9.21 Å². The van der Waals surface area contributed by atoms with Gasteiger partial charge in [0.2, 0.25) is 0 Å². The first kappa shape index (κ1) is 17.4. The fraction of sp³-hybridized carbons (Fsp3) is 0.105. The molecule has 0 aliphatic rings. The monoisotopic (exact) mass is 374 g/mol. The summed E-state index contributed by atoms with van der Waals surface area (Å²) in [6, 6.07) is 17.8. The summed E-state index contributed by atoms with van der Waals surface area (Å²) in [4.78, 5) is 14.4. The van der Waals surface area contributed by atoms with Crippen LogP contribution in [0.2, 0.25) is 10.0 Å². The maximum Gasteiger partial charge on any atom is 0.322 e. The average molecular weight is 375 g/mol. The molecule has 128 valence electrons. The van der Waals surface area contributed by atoms with Crippen LogP contribution < -0.4 is 5.32 Å². The number of anilines is 1. The predicted molar refractivity (Wildman–Crippen MR) is 99.9 cm³/mol. The summed E-state index contributed by atoms with van der Waals surface area (Å²) in [5.74, 6) is 0.702. The van der Waals surface area contributed by atoms with Gasteiger partial charge >= 0.3 is 6.03 Å². The zero-order valence-electron chi connectivity index (χ0n) is 13.3. The Balaban J connectivity index is 1.77. The quantitative estimate of drug-likeness (QED) is 0.611. The van der Waals surface area contributed by atoms with Crippen molar-refractivity contribution in [2.24, 2.45) is 0 Å². The number of halogens is 2. The minimum Gasteiger partial charge on any atom is -0.467 e. The fourth-order valence-corrected chi connectivity index (χ4v) is 2.72. The number of amides is 2. The van der Waals surface area contributed by atoms with Crippen LogP contribution in [0.4, 0.5) is 10.5 Å². The summed E-state index contributed by atoms with van der Waals surface area (Å²) >= 11 is 11.9. The molecule has 1 aromatic heterocycles. The van der Waals surface area contributed by atoms with Gasteiger partial charge in [-0.05, 0) is 54.1 Å². The van der Waals surface area contributed by atoms with Gasteiger partial charge in [-0.25, -0.2) is 4.79 Å². The van der Waals surface area contributed by atoms with Crippen LogP contribution in [0.25, 0.3) is 0 Å². The Morgan fingerprint density at radius 2 is 1.76 bits per heavy atom. The Labute approximate surface area is 156 Å². The molecule has 0 radical (unpaired) electrons. The van der Waals surface area contributed by atoms with E-state index >= 15 is 0 Å². The number of hydrogen-bond donors (Lipinski definition) is 1. The van der Waals surface area contributed by atoms with Crippen molar-refractivity contribution in [2.45, 2.75) is 13.1 Å². The van der Waals surface area contributed by atoms with E-state index in [9.17, 15) is 4.79 Å². The van der Waals surface area contributed by atoms with E-state index in [0.717, 1.165) is 5.56 Å². The van der Waals surface area contributed by atoms with Gasteiger partial charge in [0.25, 0.3) is 0 Å². The zero-order chi connectivity index (χ0) is 17.6. The number of nitrogens with zero attached hydrogens (tertiary/aromatic N) is 1. The number of benzene rings is 2. The second-order valence-corrected chi connectivity index (χ2v) is 6.38. The standard InChI is InChI=1S/C19H16Cl2N2O2/c20-15-6-8-17(9-7-15)22-19(24)23(13-18-5-2-10-25-18)12-14-3-1-4-16(21)11-14/h1-11H,12-13H2,(H,22,24). The summed E-state index contributed by atoms with van der Waals surface area (Å²) in [5.41, 5.74) is 1.61. The number of urea groups is 1. The van der Waals surface area contributed by atoms with Gasteiger partial charge in [0, 0.05) is 22.3 Å². The molecule has 0 atom stereocenters. The molecule has 4 nitrogen and oxygen atoms in total. The third kappa shape index (κ3) is 5.02. The lowest BCUT2D eigenvalue weighted by atomic mass is 10.2. The van der Waals surface area contributed by atoms with Crippen LogP contribution in [0.1, 0.15) is 11.3 Å². The van der Waals surface area contributed by atoms with Gasteiger partial charge in [-0.15, -0.1) is 0 Å². The van der Waals surface area contributed by atoms with E-state index in [1.165, 1.54) is 0 Å². The Hall–Kier alpha value is -2.43. The van der Waals surface area contributed by atoms with Gasteiger partial charge in [-0.2, -0.15) is 0 Å². The van der Waals surface area contributed by atoms with E-state index in [4.69, 9.17) is 27.6 Å². The number of nitrogens with one attached hydrogen (secondary N) is 1. The molecule has 6 heteroatoms. The van der Waals surface area contributed by atoms with Gasteiger partial charge in [0.1, 0.15) is 5.76 Å². The maximum absolute atomic E-state index is 12.7. The highest BCUT2D eigenvalue weighted by Gasteiger charge is 2.16. The first-order chi connectivity index (χ1) is 12.1. The number of furan rings is 1. The van der Waals surface area contributed by atoms with Gasteiger partial charge in [0.05, 0.1) is 12.8 Å². The summed E-state index contributed by atoms with van der Waals surface area (Å²) < 4.78 is 5.38. The third-order valence-corrected chi connectivity index (χ3v) is 4.06. The van der Waals surface area contributed by atoms with Gasteiger partial charge in [-0.3, -0.25) is 0 Å². The van der Waals surface area contributed by atoms with E-state index in [0.29, 0.717) is 34.6 Å². The second kappa shape index (κ2) is 8.10. The zero-order valence-corrected chi connectivity index (χ0v) is 14.8. The largest absolute Gasteiger partial charge is 0.467 e. The molecule has 0 aliphatic heterocycles. The first-order valence-electron chi connectivity index (χ1n) is 7.68. The molecular weight excluding hydrogens is 359 g/mol. The topological polar surface area (TPSA) is 45.5 Å². The molecule has 0 spiro atoms. The fourth-order valence-electron chi connectivity index (χ4n) is 2.38. The molecule has 2 aromatic carbocycles. The predicted octanol–water partition coefficient (Wildman–Crippen LogP) is 5.82. The van der Waals surface area contributed by atoms with Gasteiger partial charge < -0.3 is 14.6 Å². The van der Waals surface area contributed by atoms with Crippen molar-refractivity contribution in [1.29, 1.82) is 0 Å². The van der Waals surface area contributed by atoms with Crippen molar-refractivity contribution in [3.8, 4) is 0 Å². The Bertz CT molecular complexity index is 833. The van der Waals surface area contributed by atoms with E-state index in [1.54, 1.807) is 47.6 Å². The van der Waals surface area contributed by atoms with Crippen molar-refractivity contribution in [2.75, 3.05) is 5.32 Å². The normalized spacial score (nSPS) is 10.5. The van der Waals surface area contributed by atoms with Crippen molar-refractivity contribution in [1.82, 2.24) is 4.90 Å². The van der Waals surface area contributed by atoms with Crippen LogP contribution in [0, 0.1) is 0 Å². The Kier molecular flexibility index (Phi) is 5.64. The molecule has 1 heterocycles. The summed E-state index contributed by atoms with van der Waals surface area (Å²) in [7, 11) is 0. The van der Waals surface area contributed by atoms with E-state index in [2.05, 4.69) is 5.32 Å². The van der Waals surface area contributed by atoms with Gasteiger partial charge in [0.15, 0.2) is 0 Å². The van der Waals surface area contributed by atoms with Crippen molar-refractivity contribution >= 4 is 34.9 Å². The highest BCUT2D eigenvalue weighted by atomic mass is 35.5. The molecule has 25 heavy (non-hydrogen) atoms. The molecule has 2 amide bonds. The van der Waals surface area contributed by atoms with Crippen molar-refractivity contribution in [3.05, 3.63) is 88.3 Å². The smallest absolute Gasteiger partial charge is 0.322 e. The number of carbonyl (C=O) groups is 1. The Morgan fingerprint density at radius 1 is 0.960 bits per heavy atom. The summed E-state index contributed by atoms with van der Waals surface area (Å²) in [5, 5.41) is 4.12. The molecule has 0 bridgehead atoms. The SMILES string of the molecule is O=C(Nc1ccc(Cl)cc1)N(Cc1cccc(Cl)c1)Cc1ccco1. The van der Waals surface area contributed by atoms with Crippen LogP contribution in [-0.2, 0) is 13.1 Å². The molecule has 0 fully saturated rings. The van der Waals surface area contributed by atoms with E-state index in [-0.39, 0.29) is 6.03 Å². The van der Waals surface area contributed by atoms with E-state index in [1.807, 2.05) is 24.3 Å². The Morgan fingerprint density at radius 3 is 2.44 bits per heavy atom. The van der Waals surface area contributed by atoms with Crippen molar-refractivity contribution in [3.63, 3.8) is 0 Å². The maximum atomic E-state index is 12.7. The lowest BCUT2D eigenvalue weighted by Crippen LogP contribution is -2.33.